The highest BCUT2D eigenvalue weighted by Crippen LogP contribution is 2.26. The minimum Gasteiger partial charge on any atom is -0.382 e. The fraction of sp³-hybridized carbons (Fsp3) is 0.333. The Morgan fingerprint density at radius 1 is 1.41 bits per heavy atom. The number of carbonyl (C=O) groups excluding carboxylic acids is 1. The lowest BCUT2D eigenvalue weighted by molar-refractivity contribution is -0.117. The molecule has 3 rings (SSSR count). The van der Waals surface area contributed by atoms with Crippen molar-refractivity contribution in [2.24, 2.45) is 15.7 Å². The maximum absolute atomic E-state index is 12.6. The molecule has 4 N–H and O–H groups in total. The number of benzene rings is 1. The number of aromatic nitrogens is 1. The van der Waals surface area contributed by atoms with Crippen LogP contribution in [0.25, 0.3) is 10.9 Å². The highest BCUT2D eigenvalue weighted by Gasteiger charge is 2.19. The molecule has 1 amide bonds. The number of anilines is 1. The number of pyridine rings is 1. The summed E-state index contributed by atoms with van der Waals surface area (Å²) in [6.45, 7) is 11.0. The van der Waals surface area contributed by atoms with Gasteiger partial charge in [0.2, 0.25) is 0 Å². The average Bonchev–Trinajstić information content (AvgIpc) is 2.75. The van der Waals surface area contributed by atoms with Crippen LogP contribution < -0.4 is 21.3 Å². The van der Waals surface area contributed by atoms with Crippen molar-refractivity contribution >= 4 is 35.6 Å². The molecule has 0 saturated carbocycles. The smallest absolute Gasteiger partial charge is 0.273 e. The van der Waals surface area contributed by atoms with E-state index in [4.69, 9.17) is 10.7 Å². The minimum atomic E-state index is -0.399. The second-order valence-corrected chi connectivity index (χ2v) is 6.82. The molecule has 152 valence electrons. The lowest BCUT2D eigenvalue weighted by atomic mass is 10.1. The molecule has 1 aromatic heterocycles. The first-order chi connectivity index (χ1) is 14.0. The van der Waals surface area contributed by atoms with Gasteiger partial charge in [0.1, 0.15) is 5.82 Å². The number of hydrogen-bond acceptors (Lipinski definition) is 7. The van der Waals surface area contributed by atoms with Crippen molar-refractivity contribution in [2.75, 3.05) is 31.1 Å². The minimum absolute atomic E-state index is 0.00445. The van der Waals surface area contributed by atoms with Crippen LogP contribution in [0.15, 0.2) is 45.8 Å². The topological polar surface area (TPSA) is 108 Å². The van der Waals surface area contributed by atoms with E-state index in [1.54, 1.807) is 6.92 Å². The van der Waals surface area contributed by atoms with E-state index < -0.39 is 5.91 Å². The molecular weight excluding hydrogens is 366 g/mol. The van der Waals surface area contributed by atoms with Crippen molar-refractivity contribution in [2.45, 2.75) is 20.4 Å². The van der Waals surface area contributed by atoms with E-state index in [0.29, 0.717) is 6.54 Å². The maximum Gasteiger partial charge on any atom is 0.273 e. The van der Waals surface area contributed by atoms with Gasteiger partial charge in [-0.15, -0.1) is 0 Å². The number of aryl methyl sites for hydroxylation is 1. The first kappa shape index (κ1) is 20.5. The van der Waals surface area contributed by atoms with Crippen LogP contribution in [0, 0.1) is 6.92 Å². The van der Waals surface area contributed by atoms with Crippen LogP contribution in [-0.4, -0.2) is 50.0 Å². The summed E-state index contributed by atoms with van der Waals surface area (Å²) in [5, 5.41) is 7.30. The molecule has 8 heteroatoms. The second kappa shape index (κ2) is 9.29. The number of nitrogens with one attached hydrogen (secondary N) is 2. The zero-order chi connectivity index (χ0) is 20.8. The Morgan fingerprint density at radius 2 is 2.17 bits per heavy atom. The molecule has 29 heavy (non-hydrogen) atoms. The average molecular weight is 393 g/mol. The third-order valence-electron chi connectivity index (χ3n) is 4.85. The van der Waals surface area contributed by atoms with Gasteiger partial charge < -0.3 is 21.3 Å². The molecular formula is C21H27N7O. The number of rotatable bonds is 6. The number of nitrogens with zero attached hydrogens (tertiary/aromatic N) is 4. The Kier molecular flexibility index (Phi) is 6.56. The summed E-state index contributed by atoms with van der Waals surface area (Å²) in [5.41, 5.74) is 8.86. The van der Waals surface area contributed by atoms with Crippen LogP contribution in [0.5, 0.6) is 0 Å². The number of amides is 1. The Hall–Kier alpha value is -3.26. The molecule has 2 heterocycles. The van der Waals surface area contributed by atoms with E-state index in [1.165, 1.54) is 6.21 Å². The highest BCUT2D eigenvalue weighted by atomic mass is 16.2. The third-order valence-corrected chi connectivity index (χ3v) is 4.85. The van der Waals surface area contributed by atoms with Gasteiger partial charge in [-0.3, -0.25) is 9.79 Å². The van der Waals surface area contributed by atoms with Gasteiger partial charge >= 0.3 is 0 Å². The zero-order valence-electron chi connectivity index (χ0n) is 16.9. The maximum atomic E-state index is 12.6. The molecule has 1 aromatic carbocycles. The molecule has 0 aliphatic carbocycles. The Labute approximate surface area is 170 Å². The van der Waals surface area contributed by atoms with Crippen molar-refractivity contribution in [1.29, 1.82) is 0 Å². The quantitative estimate of drug-likeness (QED) is 0.509. The predicted molar refractivity (Wildman–Crippen MR) is 118 cm³/mol. The fourth-order valence-corrected chi connectivity index (χ4v) is 3.37. The van der Waals surface area contributed by atoms with Gasteiger partial charge in [-0.25, -0.2) is 9.98 Å². The van der Waals surface area contributed by atoms with Crippen LogP contribution >= 0.6 is 0 Å². The van der Waals surface area contributed by atoms with Crippen molar-refractivity contribution in [1.82, 2.24) is 15.6 Å². The Bertz CT molecular complexity index is 974. The van der Waals surface area contributed by atoms with Crippen molar-refractivity contribution in [3.8, 4) is 0 Å². The van der Waals surface area contributed by atoms with Gasteiger partial charge in [0.15, 0.2) is 11.5 Å². The number of aliphatic imine (C=N–C) groups is 2. The molecule has 1 fully saturated rings. The summed E-state index contributed by atoms with van der Waals surface area (Å²) >= 11 is 0. The van der Waals surface area contributed by atoms with E-state index >= 15 is 0 Å². The molecule has 1 saturated heterocycles. The SMILES string of the molecule is C=N/C(N)=C(\N=CC)C(=O)NCc1cc2cccc(C)c2nc1N1CCNCC1. The lowest BCUT2D eigenvalue weighted by Crippen LogP contribution is -2.44. The van der Waals surface area contributed by atoms with Crippen LogP contribution in [0.4, 0.5) is 5.82 Å². The summed E-state index contributed by atoms with van der Waals surface area (Å²) < 4.78 is 0. The van der Waals surface area contributed by atoms with Crippen LogP contribution in [0.2, 0.25) is 0 Å². The second-order valence-electron chi connectivity index (χ2n) is 6.82. The third kappa shape index (κ3) is 4.60. The number of hydrogen-bond donors (Lipinski definition) is 3. The van der Waals surface area contributed by atoms with Gasteiger partial charge in [0, 0.05) is 49.9 Å². The molecule has 2 aromatic rings. The van der Waals surface area contributed by atoms with Gasteiger partial charge in [-0.1, -0.05) is 18.2 Å². The van der Waals surface area contributed by atoms with Crippen molar-refractivity contribution in [3.63, 3.8) is 0 Å². The number of piperazine rings is 1. The lowest BCUT2D eigenvalue weighted by Gasteiger charge is -2.30. The van der Waals surface area contributed by atoms with Gasteiger partial charge in [0.05, 0.1) is 5.52 Å². The summed E-state index contributed by atoms with van der Waals surface area (Å²) in [4.78, 5) is 27.5. The molecule has 8 nitrogen and oxygen atoms in total. The standard InChI is InChI=1S/C21H27N7O/c1-4-25-18(19(22)23-3)21(29)26-13-16-12-15-7-5-6-14(2)17(15)27-20(16)28-10-8-24-9-11-28/h4-7,12,24H,3,8-11,13,22H2,1-2H3,(H,26,29)/b19-18-,25-4?. The molecule has 1 aliphatic heterocycles. The molecule has 0 bridgehead atoms. The van der Waals surface area contributed by atoms with E-state index in [0.717, 1.165) is 54.0 Å². The summed E-state index contributed by atoms with van der Waals surface area (Å²) in [6, 6.07) is 8.20. The fourth-order valence-electron chi connectivity index (χ4n) is 3.37. The predicted octanol–water partition coefficient (Wildman–Crippen LogP) is 1.49. The molecule has 0 radical (unpaired) electrons. The largest absolute Gasteiger partial charge is 0.382 e. The van der Waals surface area contributed by atoms with Gasteiger partial charge in [0.25, 0.3) is 5.91 Å². The number of carbonyl (C=O) groups is 1. The Morgan fingerprint density at radius 3 is 2.86 bits per heavy atom. The van der Waals surface area contributed by atoms with Crippen molar-refractivity contribution < 1.29 is 4.79 Å². The first-order valence-electron chi connectivity index (χ1n) is 9.63. The Balaban J connectivity index is 1.94. The summed E-state index contributed by atoms with van der Waals surface area (Å²) in [6.07, 6.45) is 1.50. The molecule has 1 aliphatic rings. The van der Waals surface area contributed by atoms with E-state index in [9.17, 15) is 4.79 Å². The highest BCUT2D eigenvalue weighted by molar-refractivity contribution is 5.95. The van der Waals surface area contributed by atoms with Crippen LogP contribution in [0.1, 0.15) is 18.1 Å². The van der Waals surface area contributed by atoms with E-state index in [1.807, 2.05) is 12.1 Å². The molecule has 0 unspecified atom stereocenters. The van der Waals surface area contributed by atoms with Crippen LogP contribution in [0.3, 0.4) is 0 Å². The zero-order valence-corrected chi connectivity index (χ0v) is 16.9. The van der Waals surface area contributed by atoms with Crippen molar-refractivity contribution in [3.05, 3.63) is 46.9 Å². The number of fused-ring (bicyclic) bond motifs is 1. The summed E-state index contributed by atoms with van der Waals surface area (Å²) in [5.74, 6) is 0.492. The molecule has 0 atom stereocenters. The van der Waals surface area contributed by atoms with Gasteiger partial charge in [-0.05, 0) is 32.2 Å². The van der Waals surface area contributed by atoms with E-state index in [2.05, 4.69) is 51.3 Å². The summed E-state index contributed by atoms with van der Waals surface area (Å²) in [7, 11) is 0. The normalized spacial score (nSPS) is 15.4. The van der Waals surface area contributed by atoms with Crippen LogP contribution in [-0.2, 0) is 11.3 Å². The monoisotopic (exact) mass is 393 g/mol. The molecule has 0 spiro atoms. The number of para-hydroxylation sites is 1. The van der Waals surface area contributed by atoms with E-state index in [-0.39, 0.29) is 11.5 Å². The first-order valence-corrected chi connectivity index (χ1v) is 9.63. The van der Waals surface area contributed by atoms with Gasteiger partial charge in [-0.2, -0.15) is 0 Å². The number of nitrogens with two attached hydrogens (primary N) is 1.